The van der Waals surface area contributed by atoms with Gasteiger partial charge in [0.2, 0.25) is 0 Å². The lowest BCUT2D eigenvalue weighted by Gasteiger charge is -2.23. The van der Waals surface area contributed by atoms with Crippen molar-refractivity contribution in [3.63, 3.8) is 0 Å². The van der Waals surface area contributed by atoms with Crippen LogP contribution in [0.3, 0.4) is 0 Å². The molecule has 0 saturated carbocycles. The minimum absolute atomic E-state index is 0.0952. The van der Waals surface area contributed by atoms with Crippen molar-refractivity contribution in [2.24, 2.45) is 5.41 Å². The standard InChI is InChI=1S/C12H19NO3/c1-9-10(4-7-16-9)11(15)13-8-12(2,3)5-6-14/h4,7,14H,5-6,8H2,1-3H3,(H,13,15). The van der Waals surface area contributed by atoms with E-state index in [9.17, 15) is 4.79 Å². The average molecular weight is 225 g/mol. The number of amides is 1. The summed E-state index contributed by atoms with van der Waals surface area (Å²) in [5, 5.41) is 11.7. The van der Waals surface area contributed by atoms with Crippen LogP contribution in [0.25, 0.3) is 0 Å². The van der Waals surface area contributed by atoms with Crippen molar-refractivity contribution in [1.29, 1.82) is 0 Å². The summed E-state index contributed by atoms with van der Waals surface area (Å²) < 4.78 is 5.06. The minimum atomic E-state index is -0.128. The highest BCUT2D eigenvalue weighted by Gasteiger charge is 2.19. The third kappa shape index (κ3) is 3.38. The van der Waals surface area contributed by atoms with Gasteiger partial charge >= 0.3 is 0 Å². The summed E-state index contributed by atoms with van der Waals surface area (Å²) in [6, 6.07) is 1.66. The summed E-state index contributed by atoms with van der Waals surface area (Å²) in [6.45, 7) is 6.44. The number of carbonyl (C=O) groups excluding carboxylic acids is 1. The summed E-state index contributed by atoms with van der Waals surface area (Å²) in [5.74, 6) is 0.495. The molecular weight excluding hydrogens is 206 g/mol. The van der Waals surface area contributed by atoms with Crippen LogP contribution in [-0.2, 0) is 0 Å². The van der Waals surface area contributed by atoms with Gasteiger partial charge in [0.15, 0.2) is 0 Å². The van der Waals surface area contributed by atoms with E-state index < -0.39 is 0 Å². The van der Waals surface area contributed by atoms with Gasteiger partial charge in [0, 0.05) is 13.2 Å². The molecule has 0 bridgehead atoms. The number of rotatable bonds is 5. The Morgan fingerprint density at radius 2 is 2.25 bits per heavy atom. The van der Waals surface area contributed by atoms with Crippen LogP contribution in [0.5, 0.6) is 0 Å². The summed E-state index contributed by atoms with van der Waals surface area (Å²) in [6.07, 6.45) is 2.17. The van der Waals surface area contributed by atoms with Gasteiger partial charge in [-0.2, -0.15) is 0 Å². The maximum atomic E-state index is 11.7. The molecule has 90 valence electrons. The van der Waals surface area contributed by atoms with Gasteiger partial charge < -0.3 is 14.8 Å². The fourth-order valence-electron chi connectivity index (χ4n) is 1.43. The third-order valence-corrected chi connectivity index (χ3v) is 2.62. The molecule has 0 unspecified atom stereocenters. The Balaban J connectivity index is 2.51. The van der Waals surface area contributed by atoms with Crippen molar-refractivity contribution < 1.29 is 14.3 Å². The van der Waals surface area contributed by atoms with Crippen molar-refractivity contribution in [2.45, 2.75) is 27.2 Å². The van der Waals surface area contributed by atoms with E-state index in [4.69, 9.17) is 9.52 Å². The van der Waals surface area contributed by atoms with Gasteiger partial charge in [-0.25, -0.2) is 0 Å². The smallest absolute Gasteiger partial charge is 0.254 e. The lowest BCUT2D eigenvalue weighted by molar-refractivity contribution is 0.0926. The Hall–Kier alpha value is -1.29. The average Bonchev–Trinajstić information content (AvgIpc) is 2.61. The summed E-state index contributed by atoms with van der Waals surface area (Å²) in [7, 11) is 0. The molecule has 2 N–H and O–H groups in total. The fraction of sp³-hybridized carbons (Fsp3) is 0.583. The van der Waals surface area contributed by atoms with Crippen LogP contribution in [0, 0.1) is 12.3 Å². The van der Waals surface area contributed by atoms with Crippen LogP contribution in [0.4, 0.5) is 0 Å². The molecule has 1 aromatic rings. The number of aryl methyl sites for hydroxylation is 1. The molecule has 0 spiro atoms. The highest BCUT2D eigenvalue weighted by molar-refractivity contribution is 5.95. The van der Waals surface area contributed by atoms with Crippen LogP contribution >= 0.6 is 0 Å². The molecule has 0 saturated heterocycles. The van der Waals surface area contributed by atoms with E-state index >= 15 is 0 Å². The number of nitrogens with one attached hydrogen (secondary N) is 1. The van der Waals surface area contributed by atoms with Gasteiger partial charge in [-0.3, -0.25) is 4.79 Å². The van der Waals surface area contributed by atoms with Crippen LogP contribution in [0.1, 0.15) is 36.4 Å². The molecule has 0 aliphatic heterocycles. The van der Waals surface area contributed by atoms with Gasteiger partial charge in [0.25, 0.3) is 5.91 Å². The summed E-state index contributed by atoms with van der Waals surface area (Å²) in [5.41, 5.74) is 0.474. The van der Waals surface area contributed by atoms with E-state index in [0.29, 0.717) is 24.3 Å². The first kappa shape index (κ1) is 12.8. The SMILES string of the molecule is Cc1occc1C(=O)NCC(C)(C)CCO. The number of hydrogen-bond donors (Lipinski definition) is 2. The first-order valence-corrected chi connectivity index (χ1v) is 5.39. The van der Waals surface area contributed by atoms with Crippen LogP contribution < -0.4 is 5.32 Å². The quantitative estimate of drug-likeness (QED) is 0.802. The topological polar surface area (TPSA) is 62.5 Å². The molecule has 16 heavy (non-hydrogen) atoms. The molecule has 1 rings (SSSR count). The fourth-order valence-corrected chi connectivity index (χ4v) is 1.43. The molecule has 4 heteroatoms. The van der Waals surface area contributed by atoms with Gasteiger partial charge in [-0.1, -0.05) is 13.8 Å². The number of aliphatic hydroxyl groups is 1. The minimum Gasteiger partial charge on any atom is -0.469 e. The monoisotopic (exact) mass is 225 g/mol. The lowest BCUT2D eigenvalue weighted by Crippen LogP contribution is -2.34. The second-order valence-corrected chi connectivity index (χ2v) is 4.71. The Bertz CT molecular complexity index is 355. The molecule has 1 aromatic heterocycles. The zero-order valence-corrected chi connectivity index (χ0v) is 10.0. The van der Waals surface area contributed by atoms with E-state index in [1.807, 2.05) is 13.8 Å². The lowest BCUT2D eigenvalue weighted by atomic mass is 9.89. The van der Waals surface area contributed by atoms with E-state index in [-0.39, 0.29) is 17.9 Å². The molecule has 1 amide bonds. The first-order chi connectivity index (χ1) is 7.46. The van der Waals surface area contributed by atoms with E-state index in [1.165, 1.54) is 6.26 Å². The number of carbonyl (C=O) groups is 1. The molecule has 4 nitrogen and oxygen atoms in total. The summed E-state index contributed by atoms with van der Waals surface area (Å²) >= 11 is 0. The van der Waals surface area contributed by atoms with E-state index in [2.05, 4.69) is 5.32 Å². The second-order valence-electron chi connectivity index (χ2n) is 4.71. The predicted molar refractivity (Wildman–Crippen MR) is 61.3 cm³/mol. The molecule has 0 fully saturated rings. The number of furan rings is 1. The maximum absolute atomic E-state index is 11.7. The summed E-state index contributed by atoms with van der Waals surface area (Å²) in [4.78, 5) is 11.7. The Morgan fingerprint density at radius 1 is 1.56 bits per heavy atom. The van der Waals surface area contributed by atoms with Crippen molar-refractivity contribution in [3.8, 4) is 0 Å². The van der Waals surface area contributed by atoms with E-state index in [1.54, 1.807) is 13.0 Å². The number of aliphatic hydroxyl groups excluding tert-OH is 1. The van der Waals surface area contributed by atoms with Crippen molar-refractivity contribution in [2.75, 3.05) is 13.2 Å². The third-order valence-electron chi connectivity index (χ3n) is 2.62. The maximum Gasteiger partial charge on any atom is 0.254 e. The van der Waals surface area contributed by atoms with Crippen LogP contribution in [0.2, 0.25) is 0 Å². The Morgan fingerprint density at radius 3 is 2.75 bits per heavy atom. The van der Waals surface area contributed by atoms with Crippen LogP contribution in [-0.4, -0.2) is 24.2 Å². The molecular formula is C12H19NO3. The van der Waals surface area contributed by atoms with Crippen LogP contribution in [0.15, 0.2) is 16.7 Å². The number of hydrogen-bond acceptors (Lipinski definition) is 3. The Kier molecular flexibility index (Phi) is 4.12. The van der Waals surface area contributed by atoms with Gasteiger partial charge in [0.1, 0.15) is 5.76 Å². The van der Waals surface area contributed by atoms with Crippen molar-refractivity contribution in [3.05, 3.63) is 23.7 Å². The molecule has 0 radical (unpaired) electrons. The van der Waals surface area contributed by atoms with Crippen molar-refractivity contribution in [1.82, 2.24) is 5.32 Å². The molecule has 0 aliphatic rings. The highest BCUT2D eigenvalue weighted by atomic mass is 16.3. The van der Waals surface area contributed by atoms with Crippen molar-refractivity contribution >= 4 is 5.91 Å². The molecule has 0 aliphatic carbocycles. The zero-order chi connectivity index (χ0) is 12.2. The highest BCUT2D eigenvalue weighted by Crippen LogP contribution is 2.18. The second kappa shape index (κ2) is 5.16. The largest absolute Gasteiger partial charge is 0.469 e. The zero-order valence-electron chi connectivity index (χ0n) is 10.0. The van der Waals surface area contributed by atoms with E-state index in [0.717, 1.165) is 0 Å². The molecule has 0 atom stereocenters. The van der Waals surface area contributed by atoms with Gasteiger partial charge in [-0.15, -0.1) is 0 Å². The normalized spacial score (nSPS) is 11.5. The predicted octanol–water partition coefficient (Wildman–Crippen LogP) is 1.73. The Labute approximate surface area is 95.7 Å². The van der Waals surface area contributed by atoms with Gasteiger partial charge in [0.05, 0.1) is 11.8 Å². The molecule has 0 aromatic carbocycles. The first-order valence-electron chi connectivity index (χ1n) is 5.39. The van der Waals surface area contributed by atoms with Gasteiger partial charge in [-0.05, 0) is 24.8 Å². The molecule has 1 heterocycles.